The van der Waals surface area contributed by atoms with E-state index >= 15 is 0 Å². The smallest absolute Gasteiger partial charge is 0.0162 e. The first-order chi connectivity index (χ1) is 10.8. The molecule has 0 heterocycles. The zero-order valence-electron chi connectivity index (χ0n) is 14.7. The van der Waals surface area contributed by atoms with Crippen LogP contribution in [0.25, 0.3) is 0 Å². The van der Waals surface area contributed by atoms with Gasteiger partial charge in [0.2, 0.25) is 0 Å². The molecule has 2 aliphatic rings. The molecule has 0 aliphatic heterocycles. The fourth-order valence-electron chi connectivity index (χ4n) is 5.12. The Morgan fingerprint density at radius 1 is 0.773 bits per heavy atom. The molecular formula is C22H34. The summed E-state index contributed by atoms with van der Waals surface area (Å²) in [7, 11) is 0. The van der Waals surface area contributed by atoms with Crippen molar-refractivity contribution < 1.29 is 0 Å². The maximum Gasteiger partial charge on any atom is -0.0162 e. The minimum absolute atomic E-state index is 0.841. The molecule has 0 nitrogen and oxygen atoms in total. The molecule has 2 fully saturated rings. The maximum absolute atomic E-state index is 2.37. The van der Waals surface area contributed by atoms with Crippen LogP contribution in [0, 0.1) is 24.7 Å². The van der Waals surface area contributed by atoms with Crippen LogP contribution in [-0.4, -0.2) is 0 Å². The Morgan fingerprint density at radius 3 is 1.86 bits per heavy atom. The van der Waals surface area contributed by atoms with Gasteiger partial charge in [-0.3, -0.25) is 0 Å². The highest BCUT2D eigenvalue weighted by Gasteiger charge is 2.30. The van der Waals surface area contributed by atoms with Gasteiger partial charge in [0.15, 0.2) is 0 Å². The molecule has 0 amide bonds. The summed E-state index contributed by atoms with van der Waals surface area (Å²) in [5.74, 6) is 4.01. The van der Waals surface area contributed by atoms with Gasteiger partial charge in [0.05, 0.1) is 0 Å². The average molecular weight is 299 g/mol. The third-order valence-electron chi connectivity index (χ3n) is 6.58. The Labute approximate surface area is 137 Å². The van der Waals surface area contributed by atoms with Gasteiger partial charge in [-0.15, -0.1) is 0 Å². The van der Waals surface area contributed by atoms with Gasteiger partial charge >= 0.3 is 0 Å². The highest BCUT2D eigenvalue weighted by atomic mass is 14.4. The first-order valence-electron chi connectivity index (χ1n) is 9.82. The number of aryl methyl sites for hydroxylation is 1. The summed E-state index contributed by atoms with van der Waals surface area (Å²) in [6.07, 6.45) is 14.8. The first kappa shape index (κ1) is 16.1. The van der Waals surface area contributed by atoms with E-state index in [4.69, 9.17) is 0 Å². The van der Waals surface area contributed by atoms with Gasteiger partial charge in [-0.25, -0.2) is 0 Å². The lowest BCUT2D eigenvalue weighted by atomic mass is 9.68. The summed E-state index contributed by atoms with van der Waals surface area (Å²) < 4.78 is 0. The zero-order valence-corrected chi connectivity index (χ0v) is 14.7. The molecule has 1 aromatic rings. The molecule has 0 unspecified atom stereocenters. The number of benzene rings is 1. The second-order valence-corrected chi connectivity index (χ2v) is 8.09. The van der Waals surface area contributed by atoms with Gasteiger partial charge in [-0.2, -0.15) is 0 Å². The monoisotopic (exact) mass is 298 g/mol. The molecule has 0 N–H and O–H groups in total. The summed E-state index contributed by atoms with van der Waals surface area (Å²) in [5, 5.41) is 0. The van der Waals surface area contributed by atoms with E-state index in [9.17, 15) is 0 Å². The number of hydrogen-bond acceptors (Lipinski definition) is 0. The van der Waals surface area contributed by atoms with Gasteiger partial charge in [-0.05, 0) is 74.7 Å². The Kier molecular flexibility index (Phi) is 5.61. The second kappa shape index (κ2) is 7.66. The highest BCUT2D eigenvalue weighted by molar-refractivity contribution is 5.24. The Hall–Kier alpha value is -0.780. The van der Waals surface area contributed by atoms with Crippen molar-refractivity contribution >= 4 is 0 Å². The third kappa shape index (κ3) is 3.94. The van der Waals surface area contributed by atoms with Crippen molar-refractivity contribution in [2.24, 2.45) is 17.8 Å². The van der Waals surface area contributed by atoms with Crippen LogP contribution in [0.1, 0.15) is 88.2 Å². The quantitative estimate of drug-likeness (QED) is 0.568. The van der Waals surface area contributed by atoms with E-state index in [0.717, 1.165) is 23.7 Å². The van der Waals surface area contributed by atoms with E-state index in [1.165, 1.54) is 69.8 Å². The number of rotatable bonds is 4. The lowest BCUT2D eigenvalue weighted by molar-refractivity contribution is 0.156. The fraction of sp³-hybridized carbons (Fsp3) is 0.727. The second-order valence-electron chi connectivity index (χ2n) is 8.09. The van der Waals surface area contributed by atoms with Crippen molar-refractivity contribution in [1.29, 1.82) is 0 Å². The van der Waals surface area contributed by atoms with E-state index in [1.807, 2.05) is 0 Å². The van der Waals surface area contributed by atoms with E-state index in [0.29, 0.717) is 0 Å². The topological polar surface area (TPSA) is 0 Å². The van der Waals surface area contributed by atoms with Crippen LogP contribution in [0.2, 0.25) is 0 Å². The van der Waals surface area contributed by atoms with Crippen molar-refractivity contribution in [3.05, 3.63) is 35.4 Å². The Morgan fingerprint density at radius 2 is 1.32 bits per heavy atom. The van der Waals surface area contributed by atoms with Gasteiger partial charge in [0.25, 0.3) is 0 Å². The lowest BCUT2D eigenvalue weighted by Gasteiger charge is -2.38. The summed E-state index contributed by atoms with van der Waals surface area (Å²) in [4.78, 5) is 0. The summed E-state index contributed by atoms with van der Waals surface area (Å²) in [6.45, 7) is 4.54. The third-order valence-corrected chi connectivity index (χ3v) is 6.58. The SMILES string of the molecule is CCC[C@H]1CC[C@H]([C@H]2CC[C@H](c3ccc(C)cc3)CC2)CC1. The predicted molar refractivity (Wildman–Crippen MR) is 96.2 cm³/mol. The Bertz CT molecular complexity index is 428. The summed E-state index contributed by atoms with van der Waals surface area (Å²) in [6, 6.07) is 9.32. The van der Waals surface area contributed by atoms with E-state index < -0.39 is 0 Å². The zero-order chi connectivity index (χ0) is 15.4. The molecule has 2 saturated carbocycles. The van der Waals surface area contributed by atoms with Crippen molar-refractivity contribution in [2.75, 3.05) is 0 Å². The molecule has 0 spiro atoms. The molecule has 0 radical (unpaired) electrons. The van der Waals surface area contributed by atoms with Gasteiger partial charge in [0.1, 0.15) is 0 Å². The molecular weight excluding hydrogens is 264 g/mol. The van der Waals surface area contributed by atoms with Crippen LogP contribution >= 0.6 is 0 Å². The molecule has 0 heteroatoms. The Balaban J connectivity index is 1.47. The summed E-state index contributed by atoms with van der Waals surface area (Å²) in [5.41, 5.74) is 2.98. The van der Waals surface area contributed by atoms with Crippen molar-refractivity contribution in [2.45, 2.75) is 84.0 Å². The van der Waals surface area contributed by atoms with Gasteiger partial charge in [0, 0.05) is 0 Å². The number of hydrogen-bond donors (Lipinski definition) is 0. The average Bonchev–Trinajstić information content (AvgIpc) is 2.57. The molecule has 122 valence electrons. The largest absolute Gasteiger partial charge is 0.0654 e. The predicted octanol–water partition coefficient (Wildman–Crippen LogP) is 6.88. The first-order valence-corrected chi connectivity index (χ1v) is 9.82. The molecule has 0 saturated heterocycles. The molecule has 0 atom stereocenters. The van der Waals surface area contributed by atoms with Crippen LogP contribution in [0.4, 0.5) is 0 Å². The van der Waals surface area contributed by atoms with Gasteiger partial charge < -0.3 is 0 Å². The standard InChI is InChI=1S/C22H34/c1-3-4-18-7-11-20(12-8-18)22-15-13-21(14-16-22)19-9-5-17(2)6-10-19/h5-6,9-10,18,20-22H,3-4,7-8,11-16H2,1-2H3/t18-,20-,21-,22-. The minimum atomic E-state index is 0.841. The molecule has 3 rings (SSSR count). The van der Waals surface area contributed by atoms with Crippen LogP contribution < -0.4 is 0 Å². The maximum atomic E-state index is 2.37. The molecule has 0 aromatic heterocycles. The molecule has 0 bridgehead atoms. The lowest BCUT2D eigenvalue weighted by Crippen LogP contribution is -2.25. The normalized spacial score (nSPS) is 32.8. The van der Waals surface area contributed by atoms with Crippen molar-refractivity contribution in [3.63, 3.8) is 0 Å². The van der Waals surface area contributed by atoms with E-state index in [2.05, 4.69) is 38.1 Å². The van der Waals surface area contributed by atoms with Crippen LogP contribution in [0.5, 0.6) is 0 Å². The molecule has 22 heavy (non-hydrogen) atoms. The molecule has 2 aliphatic carbocycles. The van der Waals surface area contributed by atoms with Crippen LogP contribution in [0.15, 0.2) is 24.3 Å². The van der Waals surface area contributed by atoms with Crippen LogP contribution in [0.3, 0.4) is 0 Å². The van der Waals surface area contributed by atoms with Crippen molar-refractivity contribution in [3.8, 4) is 0 Å². The van der Waals surface area contributed by atoms with E-state index in [-0.39, 0.29) is 0 Å². The molecule has 1 aromatic carbocycles. The van der Waals surface area contributed by atoms with Gasteiger partial charge in [-0.1, -0.05) is 62.4 Å². The fourth-order valence-corrected chi connectivity index (χ4v) is 5.12. The highest BCUT2D eigenvalue weighted by Crippen LogP contribution is 2.44. The van der Waals surface area contributed by atoms with Crippen molar-refractivity contribution in [1.82, 2.24) is 0 Å². The summed E-state index contributed by atoms with van der Waals surface area (Å²) >= 11 is 0. The van der Waals surface area contributed by atoms with E-state index in [1.54, 1.807) is 5.56 Å². The minimum Gasteiger partial charge on any atom is -0.0654 e. The van der Waals surface area contributed by atoms with Crippen LogP contribution in [-0.2, 0) is 0 Å².